The van der Waals surface area contributed by atoms with E-state index in [9.17, 15) is 4.79 Å². The molecule has 1 aliphatic heterocycles. The summed E-state index contributed by atoms with van der Waals surface area (Å²) in [5.41, 5.74) is 4.71. The Balaban J connectivity index is 1.32. The Morgan fingerprint density at radius 1 is 1.00 bits per heavy atom. The number of amides is 1. The number of piperidine rings is 1. The van der Waals surface area contributed by atoms with Gasteiger partial charge in [0.15, 0.2) is 12.4 Å². The van der Waals surface area contributed by atoms with Gasteiger partial charge in [-0.05, 0) is 80.1 Å². The van der Waals surface area contributed by atoms with Crippen LogP contribution in [0.5, 0.6) is 5.75 Å². The number of nitrogens with one attached hydrogen (secondary N) is 1. The standard InChI is InChI=1S/C26H30N4O2/c1-18-10-12-30(13-11-18)25-9-8-24(28-29-25)21-4-6-22(7-5-21)27-26(31)17-32-23-15-19(2)14-20(3)16-23/h4-9,14-16,18H,10-13,17H2,1-3H3,(H,27,31). The highest BCUT2D eigenvalue weighted by atomic mass is 16.5. The van der Waals surface area contributed by atoms with Gasteiger partial charge in [0.25, 0.3) is 5.91 Å². The molecular weight excluding hydrogens is 400 g/mol. The zero-order chi connectivity index (χ0) is 22.5. The Morgan fingerprint density at radius 2 is 1.69 bits per heavy atom. The molecule has 6 nitrogen and oxygen atoms in total. The summed E-state index contributed by atoms with van der Waals surface area (Å²) in [4.78, 5) is 14.6. The Morgan fingerprint density at radius 3 is 2.31 bits per heavy atom. The number of ether oxygens (including phenoxy) is 1. The molecule has 6 heteroatoms. The van der Waals surface area contributed by atoms with Gasteiger partial charge in [0.1, 0.15) is 5.75 Å². The molecule has 1 aromatic heterocycles. The molecule has 4 rings (SSSR count). The van der Waals surface area contributed by atoms with E-state index in [1.165, 1.54) is 12.8 Å². The fourth-order valence-corrected chi connectivity index (χ4v) is 3.97. The van der Waals surface area contributed by atoms with Gasteiger partial charge in [-0.25, -0.2) is 0 Å². The minimum Gasteiger partial charge on any atom is -0.484 e. The molecule has 1 saturated heterocycles. The van der Waals surface area contributed by atoms with Crippen molar-refractivity contribution in [3.8, 4) is 17.0 Å². The monoisotopic (exact) mass is 430 g/mol. The number of nitrogens with zero attached hydrogens (tertiary/aromatic N) is 3. The van der Waals surface area contributed by atoms with Crippen LogP contribution in [0.3, 0.4) is 0 Å². The van der Waals surface area contributed by atoms with Gasteiger partial charge in [0, 0.05) is 24.3 Å². The molecule has 0 radical (unpaired) electrons. The van der Waals surface area contributed by atoms with Crippen LogP contribution in [0.2, 0.25) is 0 Å². The first-order chi connectivity index (χ1) is 15.5. The first-order valence-corrected chi connectivity index (χ1v) is 11.2. The SMILES string of the molecule is Cc1cc(C)cc(OCC(=O)Nc2ccc(-c3ccc(N4CCC(C)CC4)nn3)cc2)c1. The van der Waals surface area contributed by atoms with Gasteiger partial charge in [-0.3, -0.25) is 4.79 Å². The number of carbonyl (C=O) groups excluding carboxylic acids is 1. The highest BCUT2D eigenvalue weighted by molar-refractivity contribution is 5.92. The Bertz CT molecular complexity index is 1040. The smallest absolute Gasteiger partial charge is 0.262 e. The predicted octanol–water partition coefficient (Wildman–Crippen LogP) is 5.01. The summed E-state index contributed by atoms with van der Waals surface area (Å²) in [6.45, 7) is 8.36. The van der Waals surface area contributed by atoms with Gasteiger partial charge in [0.2, 0.25) is 0 Å². The van der Waals surface area contributed by atoms with Crippen LogP contribution < -0.4 is 15.0 Å². The lowest BCUT2D eigenvalue weighted by Gasteiger charge is -2.30. The molecule has 0 saturated carbocycles. The third-order valence-electron chi connectivity index (χ3n) is 5.79. The fourth-order valence-electron chi connectivity index (χ4n) is 3.97. The Labute approximate surface area is 189 Å². The maximum absolute atomic E-state index is 12.3. The van der Waals surface area contributed by atoms with E-state index >= 15 is 0 Å². The maximum atomic E-state index is 12.3. The zero-order valence-electron chi connectivity index (χ0n) is 19.0. The van der Waals surface area contributed by atoms with Crippen molar-refractivity contribution in [1.82, 2.24) is 10.2 Å². The third kappa shape index (κ3) is 5.63. The molecule has 2 aromatic carbocycles. The lowest BCUT2D eigenvalue weighted by atomic mass is 9.99. The van der Waals surface area contributed by atoms with Crippen LogP contribution in [0.1, 0.15) is 30.9 Å². The molecule has 166 valence electrons. The number of hydrogen-bond donors (Lipinski definition) is 1. The predicted molar refractivity (Wildman–Crippen MR) is 128 cm³/mol. The van der Waals surface area contributed by atoms with Gasteiger partial charge in [0.05, 0.1) is 5.69 Å². The van der Waals surface area contributed by atoms with Crippen molar-refractivity contribution < 1.29 is 9.53 Å². The average molecular weight is 431 g/mol. The second-order valence-electron chi connectivity index (χ2n) is 8.68. The molecule has 0 aliphatic carbocycles. The van der Waals surface area contributed by atoms with Crippen molar-refractivity contribution in [3.05, 3.63) is 65.7 Å². The molecule has 0 atom stereocenters. The first kappa shape index (κ1) is 21.8. The number of carbonyl (C=O) groups is 1. The van der Waals surface area contributed by atoms with E-state index in [0.29, 0.717) is 5.75 Å². The van der Waals surface area contributed by atoms with E-state index in [2.05, 4.69) is 33.4 Å². The van der Waals surface area contributed by atoms with Gasteiger partial charge in [-0.1, -0.05) is 25.1 Å². The van der Waals surface area contributed by atoms with E-state index in [1.807, 2.05) is 62.4 Å². The van der Waals surface area contributed by atoms with Crippen LogP contribution >= 0.6 is 0 Å². The van der Waals surface area contributed by atoms with Crippen LogP contribution in [0.15, 0.2) is 54.6 Å². The summed E-state index contributed by atoms with van der Waals surface area (Å²) >= 11 is 0. The molecule has 2 heterocycles. The molecule has 0 spiro atoms. The van der Waals surface area contributed by atoms with Gasteiger partial charge >= 0.3 is 0 Å². The molecule has 1 fully saturated rings. The topological polar surface area (TPSA) is 67.3 Å². The molecule has 1 amide bonds. The lowest BCUT2D eigenvalue weighted by molar-refractivity contribution is -0.118. The minimum atomic E-state index is -0.197. The van der Waals surface area contributed by atoms with Crippen molar-refractivity contribution in [2.45, 2.75) is 33.6 Å². The molecule has 0 unspecified atom stereocenters. The summed E-state index contributed by atoms with van der Waals surface area (Å²) in [7, 11) is 0. The minimum absolute atomic E-state index is 0.0349. The van der Waals surface area contributed by atoms with Crippen molar-refractivity contribution >= 4 is 17.4 Å². The van der Waals surface area contributed by atoms with Gasteiger partial charge in [-0.15, -0.1) is 10.2 Å². The fraction of sp³-hybridized carbons (Fsp3) is 0.346. The largest absolute Gasteiger partial charge is 0.484 e. The average Bonchev–Trinajstić information content (AvgIpc) is 2.78. The van der Waals surface area contributed by atoms with Crippen molar-refractivity contribution in [2.24, 2.45) is 5.92 Å². The third-order valence-corrected chi connectivity index (χ3v) is 5.79. The second-order valence-corrected chi connectivity index (χ2v) is 8.68. The van der Waals surface area contributed by atoms with Crippen molar-refractivity contribution in [2.75, 3.05) is 29.9 Å². The first-order valence-electron chi connectivity index (χ1n) is 11.2. The number of aryl methyl sites for hydroxylation is 2. The van der Waals surface area contributed by atoms with Crippen LogP contribution in [0.25, 0.3) is 11.3 Å². The number of aromatic nitrogens is 2. The van der Waals surface area contributed by atoms with Gasteiger partial charge in [-0.2, -0.15) is 0 Å². The van der Waals surface area contributed by atoms with Crippen LogP contribution in [-0.2, 0) is 4.79 Å². The van der Waals surface area contributed by atoms with Crippen molar-refractivity contribution in [3.63, 3.8) is 0 Å². The van der Waals surface area contributed by atoms with Crippen molar-refractivity contribution in [1.29, 1.82) is 0 Å². The quantitative estimate of drug-likeness (QED) is 0.595. The number of hydrogen-bond acceptors (Lipinski definition) is 5. The second kappa shape index (κ2) is 9.81. The molecule has 1 aliphatic rings. The maximum Gasteiger partial charge on any atom is 0.262 e. The molecule has 1 N–H and O–H groups in total. The van der Waals surface area contributed by atoms with E-state index in [4.69, 9.17) is 4.74 Å². The molecular formula is C26H30N4O2. The van der Waals surface area contributed by atoms with Crippen LogP contribution in [0.4, 0.5) is 11.5 Å². The number of rotatable bonds is 6. The summed E-state index contributed by atoms with van der Waals surface area (Å²) in [6, 6.07) is 17.6. The molecule has 0 bridgehead atoms. The summed E-state index contributed by atoms with van der Waals surface area (Å²) < 4.78 is 5.63. The lowest BCUT2D eigenvalue weighted by Crippen LogP contribution is -2.33. The highest BCUT2D eigenvalue weighted by Gasteiger charge is 2.17. The zero-order valence-corrected chi connectivity index (χ0v) is 19.0. The van der Waals surface area contributed by atoms with E-state index in [-0.39, 0.29) is 12.5 Å². The molecule has 3 aromatic rings. The Hall–Kier alpha value is -3.41. The Kier molecular flexibility index (Phi) is 6.69. The van der Waals surface area contributed by atoms with Crippen LogP contribution in [0, 0.1) is 19.8 Å². The van der Waals surface area contributed by atoms with Gasteiger partial charge < -0.3 is 15.0 Å². The number of benzene rings is 2. The van der Waals surface area contributed by atoms with E-state index < -0.39 is 0 Å². The number of anilines is 2. The van der Waals surface area contributed by atoms with Crippen LogP contribution in [-0.4, -0.2) is 35.8 Å². The summed E-state index contributed by atoms with van der Waals surface area (Å²) in [6.07, 6.45) is 2.40. The summed E-state index contributed by atoms with van der Waals surface area (Å²) in [5.74, 6) is 2.23. The van der Waals surface area contributed by atoms with E-state index in [1.54, 1.807) is 0 Å². The highest BCUT2D eigenvalue weighted by Crippen LogP contribution is 2.24. The van der Waals surface area contributed by atoms with E-state index in [0.717, 1.165) is 52.9 Å². The molecule has 32 heavy (non-hydrogen) atoms. The summed E-state index contributed by atoms with van der Waals surface area (Å²) in [5, 5.41) is 11.7. The normalized spacial score (nSPS) is 14.3.